The van der Waals surface area contributed by atoms with Crippen molar-refractivity contribution in [2.75, 3.05) is 32.7 Å². The molecule has 144 valence electrons. The highest BCUT2D eigenvalue weighted by Gasteiger charge is 2.22. The number of hydrogen-bond donors (Lipinski definition) is 1. The highest BCUT2D eigenvalue weighted by atomic mass is 16.5. The molecule has 0 unspecified atom stereocenters. The quantitative estimate of drug-likeness (QED) is 0.896. The van der Waals surface area contributed by atoms with Gasteiger partial charge in [0.25, 0.3) is 5.91 Å². The third kappa shape index (κ3) is 5.93. The van der Waals surface area contributed by atoms with Gasteiger partial charge in [0.1, 0.15) is 11.4 Å². The molecule has 0 saturated carbocycles. The molecule has 0 aromatic heterocycles. The SMILES string of the molecule is CCCNC(=O)N1CCCN(C(=O)c2ccc(OC(C)(C)C)cc2)CC1. The van der Waals surface area contributed by atoms with Crippen molar-refractivity contribution < 1.29 is 14.3 Å². The third-order valence-electron chi connectivity index (χ3n) is 4.12. The first-order valence-electron chi connectivity index (χ1n) is 9.41. The fraction of sp³-hybridized carbons (Fsp3) is 0.600. The van der Waals surface area contributed by atoms with Crippen LogP contribution in [0.4, 0.5) is 4.79 Å². The maximum atomic E-state index is 12.8. The van der Waals surface area contributed by atoms with Gasteiger partial charge in [0.2, 0.25) is 0 Å². The molecule has 1 aliphatic rings. The number of ether oxygens (including phenoxy) is 1. The van der Waals surface area contributed by atoms with Gasteiger partial charge in [-0.3, -0.25) is 4.79 Å². The molecular formula is C20H31N3O3. The summed E-state index contributed by atoms with van der Waals surface area (Å²) in [7, 11) is 0. The van der Waals surface area contributed by atoms with Crippen molar-refractivity contribution in [1.82, 2.24) is 15.1 Å². The summed E-state index contributed by atoms with van der Waals surface area (Å²) >= 11 is 0. The van der Waals surface area contributed by atoms with E-state index in [1.54, 1.807) is 17.0 Å². The maximum absolute atomic E-state index is 12.8. The van der Waals surface area contributed by atoms with Crippen LogP contribution >= 0.6 is 0 Å². The number of benzene rings is 1. The molecule has 0 aliphatic carbocycles. The van der Waals surface area contributed by atoms with Gasteiger partial charge in [-0.05, 0) is 57.9 Å². The zero-order valence-electron chi connectivity index (χ0n) is 16.4. The first-order chi connectivity index (χ1) is 12.3. The molecule has 1 aromatic carbocycles. The van der Waals surface area contributed by atoms with Gasteiger partial charge in [-0.15, -0.1) is 0 Å². The average molecular weight is 361 g/mol. The van der Waals surface area contributed by atoms with E-state index >= 15 is 0 Å². The lowest BCUT2D eigenvalue weighted by Crippen LogP contribution is -2.42. The van der Waals surface area contributed by atoms with E-state index in [1.165, 1.54) is 0 Å². The Hall–Kier alpha value is -2.24. The van der Waals surface area contributed by atoms with Crippen LogP contribution in [0.3, 0.4) is 0 Å². The molecular weight excluding hydrogens is 330 g/mol. The number of nitrogens with zero attached hydrogens (tertiary/aromatic N) is 2. The van der Waals surface area contributed by atoms with Crippen LogP contribution in [0.5, 0.6) is 5.75 Å². The molecule has 1 saturated heterocycles. The van der Waals surface area contributed by atoms with Gasteiger partial charge in [0.15, 0.2) is 0 Å². The number of carbonyl (C=O) groups is 2. The lowest BCUT2D eigenvalue weighted by atomic mass is 10.1. The van der Waals surface area contributed by atoms with Crippen LogP contribution in [0.25, 0.3) is 0 Å². The van der Waals surface area contributed by atoms with E-state index in [0.29, 0.717) is 38.3 Å². The summed E-state index contributed by atoms with van der Waals surface area (Å²) in [5.41, 5.74) is 0.383. The van der Waals surface area contributed by atoms with E-state index in [0.717, 1.165) is 18.6 Å². The molecule has 6 nitrogen and oxygen atoms in total. The molecule has 0 atom stereocenters. The van der Waals surface area contributed by atoms with Crippen LogP contribution < -0.4 is 10.1 Å². The maximum Gasteiger partial charge on any atom is 0.317 e. The standard InChI is InChI=1S/C20H31N3O3/c1-5-11-21-19(25)23-13-6-12-22(14-15-23)18(24)16-7-9-17(10-8-16)26-20(2,3)4/h7-10H,5-6,11-15H2,1-4H3,(H,21,25). The summed E-state index contributed by atoms with van der Waals surface area (Å²) in [5.74, 6) is 0.756. The molecule has 0 spiro atoms. The second-order valence-electron chi connectivity index (χ2n) is 7.60. The predicted octanol–water partition coefficient (Wildman–Crippen LogP) is 3.13. The lowest BCUT2D eigenvalue weighted by Gasteiger charge is -2.23. The van der Waals surface area contributed by atoms with Gasteiger partial charge in [0, 0.05) is 38.3 Å². The van der Waals surface area contributed by atoms with Crippen LogP contribution in [0.2, 0.25) is 0 Å². The van der Waals surface area contributed by atoms with Crippen molar-refractivity contribution in [3.63, 3.8) is 0 Å². The van der Waals surface area contributed by atoms with E-state index in [9.17, 15) is 9.59 Å². The molecule has 26 heavy (non-hydrogen) atoms. The molecule has 3 amide bonds. The Morgan fingerprint density at radius 3 is 2.27 bits per heavy atom. The normalized spacial score (nSPS) is 15.4. The van der Waals surface area contributed by atoms with Crippen LogP contribution in [0, 0.1) is 0 Å². The number of hydrogen-bond acceptors (Lipinski definition) is 3. The summed E-state index contributed by atoms with van der Waals surface area (Å²) in [6.45, 7) is 11.1. The Morgan fingerprint density at radius 2 is 1.65 bits per heavy atom. The van der Waals surface area contributed by atoms with E-state index < -0.39 is 0 Å². The van der Waals surface area contributed by atoms with Gasteiger partial charge < -0.3 is 19.9 Å². The molecule has 1 aliphatic heterocycles. The van der Waals surface area contributed by atoms with Crippen molar-refractivity contribution >= 4 is 11.9 Å². The van der Waals surface area contributed by atoms with Crippen LogP contribution in [0.1, 0.15) is 50.9 Å². The molecule has 0 radical (unpaired) electrons. The summed E-state index contributed by atoms with van der Waals surface area (Å²) in [5, 5.41) is 2.90. The number of carbonyl (C=O) groups excluding carboxylic acids is 2. The molecule has 1 heterocycles. The number of amides is 3. The number of nitrogens with one attached hydrogen (secondary N) is 1. The molecule has 1 N–H and O–H groups in total. The first kappa shape index (κ1) is 20.1. The minimum Gasteiger partial charge on any atom is -0.488 e. The highest BCUT2D eigenvalue weighted by Crippen LogP contribution is 2.19. The Labute approximate surface area is 156 Å². The van der Waals surface area contributed by atoms with E-state index in [1.807, 2.05) is 44.7 Å². The molecule has 0 bridgehead atoms. The Bertz CT molecular complexity index is 608. The summed E-state index contributed by atoms with van der Waals surface area (Å²) < 4.78 is 5.80. The van der Waals surface area contributed by atoms with Crippen LogP contribution in [-0.2, 0) is 0 Å². The Morgan fingerprint density at radius 1 is 1.04 bits per heavy atom. The molecule has 1 aromatic rings. The second kappa shape index (κ2) is 8.92. The molecule has 6 heteroatoms. The minimum absolute atomic E-state index is 0.00289. The number of urea groups is 1. The summed E-state index contributed by atoms with van der Waals surface area (Å²) in [6, 6.07) is 7.24. The topological polar surface area (TPSA) is 61.9 Å². The largest absolute Gasteiger partial charge is 0.488 e. The third-order valence-corrected chi connectivity index (χ3v) is 4.12. The summed E-state index contributed by atoms with van der Waals surface area (Å²) in [6.07, 6.45) is 1.70. The number of rotatable bonds is 4. The average Bonchev–Trinajstić information content (AvgIpc) is 2.84. The smallest absolute Gasteiger partial charge is 0.317 e. The summed E-state index contributed by atoms with van der Waals surface area (Å²) in [4.78, 5) is 28.5. The predicted molar refractivity (Wildman–Crippen MR) is 103 cm³/mol. The Balaban J connectivity index is 1.94. The minimum atomic E-state index is -0.266. The molecule has 2 rings (SSSR count). The monoisotopic (exact) mass is 361 g/mol. The molecule has 1 fully saturated rings. The van der Waals surface area contributed by atoms with Gasteiger partial charge in [-0.2, -0.15) is 0 Å². The van der Waals surface area contributed by atoms with Crippen molar-refractivity contribution in [3.05, 3.63) is 29.8 Å². The van der Waals surface area contributed by atoms with Crippen LogP contribution in [0.15, 0.2) is 24.3 Å². The van der Waals surface area contributed by atoms with Crippen molar-refractivity contribution in [1.29, 1.82) is 0 Å². The van der Waals surface area contributed by atoms with Gasteiger partial charge >= 0.3 is 6.03 Å². The fourth-order valence-electron chi connectivity index (χ4n) is 2.87. The van der Waals surface area contributed by atoms with Gasteiger partial charge in [0.05, 0.1) is 0 Å². The van der Waals surface area contributed by atoms with Gasteiger partial charge in [-0.25, -0.2) is 4.79 Å². The zero-order valence-corrected chi connectivity index (χ0v) is 16.4. The van der Waals surface area contributed by atoms with Crippen molar-refractivity contribution in [2.45, 2.75) is 46.1 Å². The second-order valence-corrected chi connectivity index (χ2v) is 7.60. The van der Waals surface area contributed by atoms with Gasteiger partial charge in [-0.1, -0.05) is 6.92 Å². The highest BCUT2D eigenvalue weighted by molar-refractivity contribution is 5.94. The zero-order chi connectivity index (χ0) is 19.2. The van der Waals surface area contributed by atoms with E-state index in [-0.39, 0.29) is 17.5 Å². The van der Waals surface area contributed by atoms with E-state index in [2.05, 4.69) is 5.32 Å². The first-order valence-corrected chi connectivity index (χ1v) is 9.41. The lowest BCUT2D eigenvalue weighted by molar-refractivity contribution is 0.0762. The van der Waals surface area contributed by atoms with Crippen molar-refractivity contribution in [2.24, 2.45) is 0 Å². The van der Waals surface area contributed by atoms with E-state index in [4.69, 9.17) is 4.74 Å². The Kier molecular flexibility index (Phi) is 6.89. The van der Waals surface area contributed by atoms with Crippen LogP contribution in [-0.4, -0.2) is 60.1 Å². The van der Waals surface area contributed by atoms with Crippen molar-refractivity contribution in [3.8, 4) is 5.75 Å². The fourth-order valence-corrected chi connectivity index (χ4v) is 2.87.